The summed E-state index contributed by atoms with van der Waals surface area (Å²) >= 11 is 0. The van der Waals surface area contributed by atoms with Gasteiger partial charge in [-0.05, 0) is 25.0 Å². The van der Waals surface area contributed by atoms with Crippen LogP contribution in [0, 0.1) is 18.6 Å². The minimum absolute atomic E-state index is 0.0873. The van der Waals surface area contributed by atoms with Crippen molar-refractivity contribution in [3.05, 3.63) is 41.2 Å². The second-order valence-corrected chi connectivity index (χ2v) is 4.21. The zero-order valence-electron chi connectivity index (χ0n) is 11.1. The lowest BCUT2D eigenvalue weighted by Crippen LogP contribution is -2.04. The number of benzene rings is 1. The fraction of sp³-hybridized carbons (Fsp3) is 0.286. The van der Waals surface area contributed by atoms with Crippen LogP contribution in [0.4, 0.5) is 14.6 Å². The first-order chi connectivity index (χ1) is 9.10. The number of hydrogen-bond donors (Lipinski definition) is 1. The molecule has 0 fully saturated rings. The Morgan fingerprint density at radius 3 is 2.58 bits per heavy atom. The molecule has 0 atom stereocenters. The Bertz CT molecular complexity index is 612. The number of nitrogens with one attached hydrogen (secondary N) is 1. The molecule has 0 radical (unpaired) electrons. The largest absolute Gasteiger partial charge is 0.373 e. The highest BCUT2D eigenvalue weighted by atomic mass is 19.1. The quantitative estimate of drug-likeness (QED) is 0.923. The minimum atomic E-state index is -0.612. The molecule has 0 saturated carbocycles. The van der Waals surface area contributed by atoms with Crippen LogP contribution in [0.1, 0.15) is 18.1 Å². The second kappa shape index (κ2) is 5.30. The lowest BCUT2D eigenvalue weighted by Gasteiger charge is -2.13. The highest BCUT2D eigenvalue weighted by molar-refractivity contribution is 5.69. The van der Waals surface area contributed by atoms with Crippen LogP contribution in [-0.4, -0.2) is 17.0 Å². The van der Waals surface area contributed by atoms with Gasteiger partial charge in [0.05, 0.1) is 11.3 Å². The molecule has 0 saturated heterocycles. The van der Waals surface area contributed by atoms with Gasteiger partial charge in [-0.15, -0.1) is 0 Å². The van der Waals surface area contributed by atoms with E-state index in [1.54, 1.807) is 14.0 Å². The summed E-state index contributed by atoms with van der Waals surface area (Å²) in [6.45, 7) is 3.50. The fourth-order valence-electron chi connectivity index (χ4n) is 2.05. The van der Waals surface area contributed by atoms with Crippen molar-refractivity contribution < 1.29 is 8.78 Å². The van der Waals surface area contributed by atoms with Crippen LogP contribution in [-0.2, 0) is 6.42 Å². The highest BCUT2D eigenvalue weighted by Crippen LogP contribution is 2.31. The van der Waals surface area contributed by atoms with E-state index in [2.05, 4.69) is 15.3 Å². The molecule has 1 aromatic heterocycles. The van der Waals surface area contributed by atoms with Crippen molar-refractivity contribution in [3.8, 4) is 11.3 Å². The van der Waals surface area contributed by atoms with Crippen molar-refractivity contribution in [1.29, 1.82) is 0 Å². The number of halogens is 2. The van der Waals surface area contributed by atoms with Crippen molar-refractivity contribution in [1.82, 2.24) is 9.97 Å². The summed E-state index contributed by atoms with van der Waals surface area (Å²) in [6, 6.07) is 2.67. The van der Waals surface area contributed by atoms with Crippen molar-refractivity contribution in [2.45, 2.75) is 20.3 Å². The van der Waals surface area contributed by atoms with Gasteiger partial charge < -0.3 is 5.32 Å². The van der Waals surface area contributed by atoms with Gasteiger partial charge in [-0.3, -0.25) is 0 Å². The molecule has 2 rings (SSSR count). The first-order valence-electron chi connectivity index (χ1n) is 6.06. The fourth-order valence-corrected chi connectivity index (χ4v) is 2.05. The molecule has 3 nitrogen and oxygen atoms in total. The minimum Gasteiger partial charge on any atom is -0.373 e. The number of rotatable bonds is 3. The SMILES string of the molecule is CCc1c(NC)ncnc1-c1c(F)ccc(C)c1F. The van der Waals surface area contributed by atoms with Gasteiger partial charge in [0.2, 0.25) is 0 Å². The van der Waals surface area contributed by atoms with Gasteiger partial charge in [0.1, 0.15) is 23.8 Å². The maximum Gasteiger partial charge on any atom is 0.138 e. The summed E-state index contributed by atoms with van der Waals surface area (Å²) in [5, 5.41) is 2.91. The smallest absolute Gasteiger partial charge is 0.138 e. The molecule has 2 aromatic rings. The van der Waals surface area contributed by atoms with E-state index in [0.29, 0.717) is 29.1 Å². The third-order valence-electron chi connectivity index (χ3n) is 3.06. The predicted molar refractivity (Wildman–Crippen MR) is 71.0 cm³/mol. The molecule has 1 N–H and O–H groups in total. The number of hydrogen-bond acceptors (Lipinski definition) is 3. The monoisotopic (exact) mass is 263 g/mol. The zero-order chi connectivity index (χ0) is 14.0. The molecule has 19 heavy (non-hydrogen) atoms. The number of aromatic nitrogens is 2. The average Bonchev–Trinajstić information content (AvgIpc) is 2.43. The van der Waals surface area contributed by atoms with Gasteiger partial charge in [0.15, 0.2) is 0 Å². The zero-order valence-corrected chi connectivity index (χ0v) is 11.1. The van der Waals surface area contributed by atoms with Crippen LogP contribution in [0.15, 0.2) is 18.5 Å². The van der Waals surface area contributed by atoms with Gasteiger partial charge in [0, 0.05) is 12.6 Å². The molecule has 0 amide bonds. The van der Waals surface area contributed by atoms with E-state index in [1.165, 1.54) is 18.5 Å². The van der Waals surface area contributed by atoms with Crippen LogP contribution in [0.3, 0.4) is 0 Å². The van der Waals surface area contributed by atoms with Gasteiger partial charge in [-0.25, -0.2) is 18.7 Å². The highest BCUT2D eigenvalue weighted by Gasteiger charge is 2.19. The Kier molecular flexibility index (Phi) is 3.74. The molecular formula is C14H15F2N3. The van der Waals surface area contributed by atoms with E-state index in [9.17, 15) is 8.78 Å². The molecule has 100 valence electrons. The topological polar surface area (TPSA) is 37.8 Å². The van der Waals surface area contributed by atoms with E-state index in [1.807, 2.05) is 6.92 Å². The van der Waals surface area contributed by atoms with E-state index in [4.69, 9.17) is 0 Å². The second-order valence-electron chi connectivity index (χ2n) is 4.21. The molecule has 0 bridgehead atoms. The van der Waals surface area contributed by atoms with Gasteiger partial charge in [0.25, 0.3) is 0 Å². The van der Waals surface area contributed by atoms with Gasteiger partial charge >= 0.3 is 0 Å². The Hall–Kier alpha value is -2.04. The van der Waals surface area contributed by atoms with Crippen LogP contribution >= 0.6 is 0 Å². The van der Waals surface area contributed by atoms with Crippen LogP contribution in [0.25, 0.3) is 11.3 Å². The summed E-state index contributed by atoms with van der Waals surface area (Å²) in [7, 11) is 1.72. The third-order valence-corrected chi connectivity index (χ3v) is 3.06. The maximum atomic E-state index is 14.2. The van der Waals surface area contributed by atoms with Crippen molar-refractivity contribution in [2.75, 3.05) is 12.4 Å². The number of anilines is 1. The summed E-state index contributed by atoms with van der Waals surface area (Å²) in [5.74, 6) is -0.596. The van der Waals surface area contributed by atoms with Crippen molar-refractivity contribution in [3.63, 3.8) is 0 Å². The Morgan fingerprint density at radius 2 is 1.95 bits per heavy atom. The van der Waals surface area contributed by atoms with Crippen LogP contribution in [0.5, 0.6) is 0 Å². The van der Waals surface area contributed by atoms with Gasteiger partial charge in [-0.2, -0.15) is 0 Å². The summed E-state index contributed by atoms with van der Waals surface area (Å²) in [4.78, 5) is 8.13. The van der Waals surface area contributed by atoms with Crippen LogP contribution < -0.4 is 5.32 Å². The number of aryl methyl sites for hydroxylation is 1. The van der Waals surface area contributed by atoms with Gasteiger partial charge in [-0.1, -0.05) is 13.0 Å². The third kappa shape index (κ3) is 2.28. The van der Waals surface area contributed by atoms with Crippen molar-refractivity contribution >= 4 is 5.82 Å². The molecule has 1 heterocycles. The lowest BCUT2D eigenvalue weighted by molar-refractivity contribution is 0.582. The molecule has 5 heteroatoms. The molecule has 0 aliphatic heterocycles. The Labute approximate surface area is 110 Å². The first kappa shape index (κ1) is 13.4. The van der Waals surface area contributed by atoms with Crippen LogP contribution in [0.2, 0.25) is 0 Å². The van der Waals surface area contributed by atoms with E-state index in [-0.39, 0.29) is 5.56 Å². The Morgan fingerprint density at radius 1 is 1.21 bits per heavy atom. The predicted octanol–water partition coefficient (Wildman–Crippen LogP) is 3.33. The maximum absolute atomic E-state index is 14.2. The first-order valence-corrected chi connectivity index (χ1v) is 6.06. The molecule has 0 spiro atoms. The van der Waals surface area contributed by atoms with E-state index < -0.39 is 11.6 Å². The standard InChI is InChI=1S/C14H15F2N3/c1-4-9-13(18-7-19-14(9)17-3)11-10(15)6-5-8(2)12(11)16/h5-7H,4H2,1-3H3,(H,17,18,19). The van der Waals surface area contributed by atoms with E-state index >= 15 is 0 Å². The van der Waals surface area contributed by atoms with Crippen molar-refractivity contribution in [2.24, 2.45) is 0 Å². The Balaban J connectivity index is 2.76. The summed E-state index contributed by atoms with van der Waals surface area (Å²) in [6.07, 6.45) is 1.89. The molecular weight excluding hydrogens is 248 g/mol. The average molecular weight is 263 g/mol. The summed E-state index contributed by atoms with van der Waals surface area (Å²) in [5.41, 5.74) is 1.31. The molecule has 1 aromatic carbocycles. The molecule has 0 unspecified atom stereocenters. The normalized spacial score (nSPS) is 10.6. The lowest BCUT2D eigenvalue weighted by atomic mass is 10.0. The number of nitrogens with zero attached hydrogens (tertiary/aromatic N) is 2. The van der Waals surface area contributed by atoms with E-state index in [0.717, 1.165) is 0 Å². The molecule has 0 aliphatic carbocycles. The summed E-state index contributed by atoms with van der Waals surface area (Å²) < 4.78 is 28.1. The molecule has 0 aliphatic rings.